The Hall–Kier alpha value is -1.82. The maximum Gasteiger partial charge on any atom is 0.416 e. The molecule has 1 aromatic heterocycles. The Bertz CT molecular complexity index is 529. The highest BCUT2D eigenvalue weighted by Crippen LogP contribution is 2.30. The van der Waals surface area contributed by atoms with Crippen molar-refractivity contribution in [2.24, 2.45) is 5.73 Å². The van der Waals surface area contributed by atoms with Gasteiger partial charge in [0.15, 0.2) is 0 Å². The van der Waals surface area contributed by atoms with Gasteiger partial charge in [-0.15, -0.1) is 0 Å². The van der Waals surface area contributed by atoms with Crippen LogP contribution in [0.2, 0.25) is 0 Å². The molecule has 6 heteroatoms. The lowest BCUT2D eigenvalue weighted by Crippen LogP contribution is -2.03. The van der Waals surface area contributed by atoms with Crippen LogP contribution in [0, 0.1) is 0 Å². The maximum atomic E-state index is 12.4. The topological polar surface area (TPSA) is 54.7 Å². The lowest BCUT2D eigenvalue weighted by Gasteiger charge is -2.06. The minimum Gasteiger partial charge on any atom is -0.330 e. The van der Waals surface area contributed by atoms with E-state index in [-0.39, 0.29) is 0 Å². The number of aryl methyl sites for hydroxylation is 1. The van der Waals surface area contributed by atoms with Crippen LogP contribution in [-0.4, -0.2) is 16.7 Å². The Balaban J connectivity index is 2.16. The molecule has 0 amide bonds. The molecule has 102 valence electrons. The number of hydrogen-bond acceptors (Lipinski definition) is 2. The highest BCUT2D eigenvalue weighted by molar-refractivity contribution is 5.59. The van der Waals surface area contributed by atoms with Crippen molar-refractivity contribution in [2.45, 2.75) is 19.0 Å². The Labute approximate surface area is 108 Å². The molecular weight excluding hydrogens is 255 g/mol. The smallest absolute Gasteiger partial charge is 0.330 e. The second-order valence-electron chi connectivity index (χ2n) is 4.25. The fourth-order valence-electron chi connectivity index (χ4n) is 1.76. The van der Waals surface area contributed by atoms with E-state index in [0.29, 0.717) is 17.8 Å². The van der Waals surface area contributed by atoms with Gasteiger partial charge in [-0.05, 0) is 37.6 Å². The lowest BCUT2D eigenvalue weighted by molar-refractivity contribution is -0.137. The second-order valence-corrected chi connectivity index (χ2v) is 4.25. The van der Waals surface area contributed by atoms with Gasteiger partial charge in [-0.2, -0.15) is 18.3 Å². The van der Waals surface area contributed by atoms with Gasteiger partial charge in [-0.25, -0.2) is 0 Å². The second kappa shape index (κ2) is 5.44. The van der Waals surface area contributed by atoms with E-state index in [1.54, 1.807) is 0 Å². The molecular formula is C13H14F3N3. The summed E-state index contributed by atoms with van der Waals surface area (Å²) in [7, 11) is 0. The molecule has 0 radical (unpaired) electrons. The average Bonchev–Trinajstić information content (AvgIpc) is 2.84. The molecule has 0 saturated heterocycles. The average molecular weight is 269 g/mol. The fraction of sp³-hybridized carbons (Fsp3) is 0.308. The number of halogens is 3. The SMILES string of the molecule is NCCCc1cc(-c2ccc(C(F)(F)F)cc2)n[nH]1. The van der Waals surface area contributed by atoms with Crippen molar-refractivity contribution in [3.63, 3.8) is 0 Å². The third kappa shape index (κ3) is 3.35. The van der Waals surface area contributed by atoms with Crippen LogP contribution < -0.4 is 5.73 Å². The van der Waals surface area contributed by atoms with Gasteiger partial charge < -0.3 is 5.73 Å². The van der Waals surface area contributed by atoms with Crippen molar-refractivity contribution in [1.29, 1.82) is 0 Å². The van der Waals surface area contributed by atoms with E-state index in [9.17, 15) is 13.2 Å². The zero-order valence-electron chi connectivity index (χ0n) is 10.2. The summed E-state index contributed by atoms with van der Waals surface area (Å²) in [4.78, 5) is 0. The third-order valence-electron chi connectivity index (χ3n) is 2.79. The summed E-state index contributed by atoms with van der Waals surface area (Å²) in [6.07, 6.45) is -2.69. The summed E-state index contributed by atoms with van der Waals surface area (Å²) < 4.78 is 37.3. The molecule has 3 nitrogen and oxygen atoms in total. The van der Waals surface area contributed by atoms with Gasteiger partial charge in [0.2, 0.25) is 0 Å². The van der Waals surface area contributed by atoms with Crippen LogP contribution in [0.4, 0.5) is 13.2 Å². The molecule has 1 heterocycles. The van der Waals surface area contributed by atoms with Crippen molar-refractivity contribution < 1.29 is 13.2 Å². The van der Waals surface area contributed by atoms with Crippen LogP contribution in [0.15, 0.2) is 30.3 Å². The number of nitrogens with zero attached hydrogens (tertiary/aromatic N) is 1. The van der Waals surface area contributed by atoms with E-state index in [1.807, 2.05) is 6.07 Å². The van der Waals surface area contributed by atoms with E-state index >= 15 is 0 Å². The molecule has 0 aliphatic rings. The number of hydrogen-bond donors (Lipinski definition) is 2. The first kappa shape index (κ1) is 13.6. The number of aromatic amines is 1. The molecule has 0 fully saturated rings. The number of nitrogens with two attached hydrogens (primary N) is 1. The summed E-state index contributed by atoms with van der Waals surface area (Å²) in [5.41, 5.74) is 6.98. The Morgan fingerprint density at radius 3 is 2.42 bits per heavy atom. The van der Waals surface area contributed by atoms with Gasteiger partial charge in [0, 0.05) is 11.3 Å². The molecule has 0 aliphatic carbocycles. The maximum absolute atomic E-state index is 12.4. The van der Waals surface area contributed by atoms with E-state index in [2.05, 4.69) is 10.2 Å². The first-order chi connectivity index (χ1) is 9.00. The van der Waals surface area contributed by atoms with Gasteiger partial charge in [0.1, 0.15) is 0 Å². The molecule has 19 heavy (non-hydrogen) atoms. The Kier molecular flexibility index (Phi) is 3.90. The van der Waals surface area contributed by atoms with Gasteiger partial charge in [-0.1, -0.05) is 12.1 Å². The normalized spacial score (nSPS) is 11.8. The van der Waals surface area contributed by atoms with Gasteiger partial charge in [-0.3, -0.25) is 5.10 Å². The molecule has 0 aliphatic heterocycles. The number of rotatable bonds is 4. The standard InChI is InChI=1S/C13H14F3N3/c14-13(15,16)10-5-3-9(4-6-10)12-8-11(18-19-12)2-1-7-17/h3-6,8H,1-2,7,17H2,(H,18,19). The fourth-order valence-corrected chi connectivity index (χ4v) is 1.76. The monoisotopic (exact) mass is 269 g/mol. The molecule has 0 atom stereocenters. The van der Waals surface area contributed by atoms with Crippen molar-refractivity contribution in [3.05, 3.63) is 41.6 Å². The Morgan fingerprint density at radius 2 is 1.84 bits per heavy atom. The predicted octanol–water partition coefficient (Wildman–Crippen LogP) is 2.99. The summed E-state index contributed by atoms with van der Waals surface area (Å²) in [5, 5.41) is 6.94. The number of aromatic nitrogens is 2. The summed E-state index contributed by atoms with van der Waals surface area (Å²) in [6, 6.07) is 6.79. The number of benzene rings is 1. The van der Waals surface area contributed by atoms with Crippen LogP contribution in [-0.2, 0) is 12.6 Å². The van der Waals surface area contributed by atoms with Crippen LogP contribution in [0.1, 0.15) is 17.7 Å². The van der Waals surface area contributed by atoms with E-state index in [0.717, 1.165) is 30.7 Å². The molecule has 2 rings (SSSR count). The van der Waals surface area contributed by atoms with Crippen LogP contribution in [0.5, 0.6) is 0 Å². The van der Waals surface area contributed by atoms with Gasteiger partial charge in [0.25, 0.3) is 0 Å². The van der Waals surface area contributed by atoms with Gasteiger partial charge in [0.05, 0.1) is 11.3 Å². The van der Waals surface area contributed by atoms with Crippen LogP contribution >= 0.6 is 0 Å². The highest BCUT2D eigenvalue weighted by Gasteiger charge is 2.30. The van der Waals surface area contributed by atoms with Crippen LogP contribution in [0.25, 0.3) is 11.3 Å². The molecule has 0 unspecified atom stereocenters. The minimum absolute atomic E-state index is 0.592. The molecule has 0 bridgehead atoms. The van der Waals surface area contributed by atoms with Crippen molar-refractivity contribution >= 4 is 0 Å². The lowest BCUT2D eigenvalue weighted by atomic mass is 10.1. The first-order valence-electron chi connectivity index (χ1n) is 5.92. The predicted molar refractivity (Wildman–Crippen MR) is 66.4 cm³/mol. The molecule has 3 N–H and O–H groups in total. The number of H-pyrrole nitrogens is 1. The zero-order chi connectivity index (χ0) is 13.9. The first-order valence-corrected chi connectivity index (χ1v) is 5.92. The number of alkyl halides is 3. The zero-order valence-corrected chi connectivity index (χ0v) is 10.2. The minimum atomic E-state index is -4.31. The summed E-state index contributed by atoms with van der Waals surface area (Å²) in [5.74, 6) is 0. The summed E-state index contributed by atoms with van der Waals surface area (Å²) in [6.45, 7) is 0.592. The van der Waals surface area contributed by atoms with E-state index in [4.69, 9.17) is 5.73 Å². The molecule has 1 aromatic carbocycles. The van der Waals surface area contributed by atoms with Crippen molar-refractivity contribution in [1.82, 2.24) is 10.2 Å². The van der Waals surface area contributed by atoms with Crippen molar-refractivity contribution in [2.75, 3.05) is 6.54 Å². The molecule has 0 spiro atoms. The van der Waals surface area contributed by atoms with Crippen LogP contribution in [0.3, 0.4) is 0 Å². The Morgan fingerprint density at radius 1 is 1.16 bits per heavy atom. The largest absolute Gasteiger partial charge is 0.416 e. The van der Waals surface area contributed by atoms with Gasteiger partial charge >= 0.3 is 6.18 Å². The summed E-state index contributed by atoms with van der Waals surface area (Å²) >= 11 is 0. The molecule has 2 aromatic rings. The third-order valence-corrected chi connectivity index (χ3v) is 2.79. The molecule has 0 saturated carbocycles. The highest BCUT2D eigenvalue weighted by atomic mass is 19.4. The number of nitrogens with one attached hydrogen (secondary N) is 1. The quantitative estimate of drug-likeness (QED) is 0.896. The van der Waals surface area contributed by atoms with Crippen molar-refractivity contribution in [3.8, 4) is 11.3 Å². The van der Waals surface area contributed by atoms with E-state index in [1.165, 1.54) is 12.1 Å². The van der Waals surface area contributed by atoms with E-state index < -0.39 is 11.7 Å².